The van der Waals surface area contributed by atoms with Crippen LogP contribution in [0.4, 0.5) is 17.6 Å². The average molecular weight is 696 g/mol. The number of rotatable bonds is 9. The highest BCUT2D eigenvalue weighted by molar-refractivity contribution is 6.30. The second-order valence-electron chi connectivity index (χ2n) is 12.1. The van der Waals surface area contributed by atoms with Gasteiger partial charge in [0.15, 0.2) is 17.3 Å². The molecule has 3 N–H and O–H groups in total. The molecule has 0 amide bonds. The minimum absolute atomic E-state index is 0.0766. The van der Waals surface area contributed by atoms with Gasteiger partial charge in [-0.15, -0.1) is 0 Å². The number of hydrogen-bond donors (Lipinski definition) is 2. The van der Waals surface area contributed by atoms with E-state index in [1.54, 1.807) is 22.8 Å². The molecule has 2 aliphatic rings. The minimum Gasteiger partial charge on any atom is -0.478 e. The van der Waals surface area contributed by atoms with Crippen LogP contribution in [0.3, 0.4) is 0 Å². The van der Waals surface area contributed by atoms with Gasteiger partial charge in [-0.05, 0) is 79.4 Å². The number of aldehydes is 1. The molecule has 0 bridgehead atoms. The molecule has 254 valence electrons. The fourth-order valence-electron chi connectivity index (χ4n) is 6.19. The summed E-state index contributed by atoms with van der Waals surface area (Å²) >= 11 is 5.91. The number of carboxylic acid groups (broad SMARTS) is 1. The average Bonchev–Trinajstić information content (AvgIpc) is 3.59. The Kier molecular flexibility index (Phi) is 8.89. The van der Waals surface area contributed by atoms with Gasteiger partial charge in [0.1, 0.15) is 35.1 Å². The van der Waals surface area contributed by atoms with Gasteiger partial charge in [0.2, 0.25) is 0 Å². The van der Waals surface area contributed by atoms with Crippen molar-refractivity contribution in [3.8, 4) is 22.6 Å². The maximum Gasteiger partial charge on any atom is 0.335 e. The lowest BCUT2D eigenvalue weighted by atomic mass is 10.00. The van der Waals surface area contributed by atoms with Gasteiger partial charge in [-0.25, -0.2) is 27.3 Å². The third kappa shape index (κ3) is 6.22. The van der Waals surface area contributed by atoms with Crippen LogP contribution >= 0.6 is 11.6 Å². The molecular formula is C36H30ClF4N3O5. The van der Waals surface area contributed by atoms with Crippen LogP contribution in [0.1, 0.15) is 53.5 Å². The monoisotopic (exact) mass is 695 g/mol. The van der Waals surface area contributed by atoms with Gasteiger partial charge in [0.05, 0.1) is 16.6 Å². The number of carbonyl (C=O) groups excluding carboxylic acids is 1. The normalized spacial score (nSPS) is 17.1. The van der Waals surface area contributed by atoms with Gasteiger partial charge in [-0.2, -0.15) is 0 Å². The van der Waals surface area contributed by atoms with E-state index in [4.69, 9.17) is 21.1 Å². The first-order chi connectivity index (χ1) is 23.4. The molecule has 49 heavy (non-hydrogen) atoms. The molecule has 8 nitrogen and oxygen atoms in total. The lowest BCUT2D eigenvalue weighted by Gasteiger charge is -2.24. The standard InChI is InChI=1S/C35H25ClF4N2O5.CH5N/c1-34(23-6-5-20(36)15-26(23)39)46-29-4-2-3-21(32(29)47-34)18-11-24(37)22(25(38)12-18)16-30-41-31-27(40)13-19(33(44)45)14-28(31)42(30)17-35(7-8-35)9-10-43;1-2/h2-6,10-15H,7-9,16-17H2,1H3,(H,44,45);2H2,1H3. The number of nitrogens with two attached hydrogens (primary N) is 1. The third-order valence-corrected chi connectivity index (χ3v) is 9.12. The van der Waals surface area contributed by atoms with Crippen LogP contribution in [0.2, 0.25) is 5.02 Å². The van der Waals surface area contributed by atoms with Crippen LogP contribution in [0.15, 0.2) is 60.7 Å². The molecule has 0 radical (unpaired) electrons. The van der Waals surface area contributed by atoms with Crippen molar-refractivity contribution in [3.63, 3.8) is 0 Å². The van der Waals surface area contributed by atoms with E-state index in [0.29, 0.717) is 18.4 Å². The van der Waals surface area contributed by atoms with E-state index in [2.05, 4.69) is 10.7 Å². The van der Waals surface area contributed by atoms with Crippen LogP contribution in [0, 0.1) is 28.7 Å². The number of benzene rings is 4. The Morgan fingerprint density at radius 2 is 1.71 bits per heavy atom. The second-order valence-corrected chi connectivity index (χ2v) is 12.6. The molecule has 4 aromatic carbocycles. The molecule has 5 aromatic rings. The fraction of sp³-hybridized carbons (Fsp3) is 0.250. The lowest BCUT2D eigenvalue weighted by molar-refractivity contribution is -0.109. The first kappa shape index (κ1) is 33.9. The van der Waals surface area contributed by atoms with Crippen LogP contribution in [-0.4, -0.2) is 34.0 Å². The molecule has 0 spiro atoms. The van der Waals surface area contributed by atoms with Crippen molar-refractivity contribution in [1.82, 2.24) is 9.55 Å². The van der Waals surface area contributed by atoms with Crippen molar-refractivity contribution in [1.29, 1.82) is 0 Å². The molecule has 0 saturated heterocycles. The molecule has 1 saturated carbocycles. The molecule has 2 heterocycles. The number of halogens is 5. The van der Waals surface area contributed by atoms with E-state index in [-0.39, 0.29) is 75.0 Å². The van der Waals surface area contributed by atoms with Crippen LogP contribution in [0.5, 0.6) is 11.5 Å². The maximum absolute atomic E-state index is 15.8. The minimum atomic E-state index is -1.58. The van der Waals surface area contributed by atoms with E-state index in [0.717, 1.165) is 30.6 Å². The highest BCUT2D eigenvalue weighted by Crippen LogP contribution is 2.51. The van der Waals surface area contributed by atoms with Crippen molar-refractivity contribution >= 4 is 34.9 Å². The quantitative estimate of drug-likeness (QED) is 0.119. The third-order valence-electron chi connectivity index (χ3n) is 8.89. The molecule has 1 fully saturated rings. The number of carbonyl (C=O) groups is 2. The Morgan fingerprint density at radius 3 is 2.35 bits per heavy atom. The number of fused-ring (bicyclic) bond motifs is 2. The Bertz CT molecular complexity index is 2110. The number of para-hydroxylation sites is 1. The number of aromatic carboxylic acids is 1. The second kappa shape index (κ2) is 12.8. The highest BCUT2D eigenvalue weighted by Gasteiger charge is 2.44. The topological polar surface area (TPSA) is 117 Å². The van der Waals surface area contributed by atoms with Gasteiger partial charge in [0.25, 0.3) is 5.79 Å². The number of nitrogens with zero attached hydrogens (tertiary/aromatic N) is 2. The molecule has 1 unspecified atom stereocenters. The predicted molar refractivity (Wildman–Crippen MR) is 174 cm³/mol. The Morgan fingerprint density at radius 1 is 1.00 bits per heavy atom. The molecule has 1 aliphatic heterocycles. The van der Waals surface area contributed by atoms with Crippen LogP contribution < -0.4 is 15.2 Å². The Balaban J connectivity index is 0.00000205. The first-order valence-electron chi connectivity index (χ1n) is 15.3. The van der Waals surface area contributed by atoms with Gasteiger partial charge in [0, 0.05) is 42.5 Å². The SMILES string of the molecule is CC1(c2ccc(Cl)cc2F)Oc2cccc(-c3cc(F)c(Cc4nc5c(F)cc(C(=O)O)cc5n4CC4(CC=O)CC4)c(F)c3)c2O1.CN. The van der Waals surface area contributed by atoms with Crippen molar-refractivity contribution in [3.05, 3.63) is 111 Å². The van der Waals surface area contributed by atoms with E-state index in [9.17, 15) is 19.1 Å². The summed E-state index contributed by atoms with van der Waals surface area (Å²) < 4.78 is 75.2. The predicted octanol–water partition coefficient (Wildman–Crippen LogP) is 7.79. The number of imidazole rings is 1. The Labute approximate surface area is 283 Å². The summed E-state index contributed by atoms with van der Waals surface area (Å²) in [6.45, 7) is 1.71. The Hall–Kier alpha value is -4.94. The first-order valence-corrected chi connectivity index (χ1v) is 15.7. The molecule has 1 aliphatic carbocycles. The van der Waals surface area contributed by atoms with Crippen molar-refractivity contribution in [2.24, 2.45) is 11.1 Å². The summed E-state index contributed by atoms with van der Waals surface area (Å²) in [7, 11) is 1.50. The van der Waals surface area contributed by atoms with Gasteiger partial charge < -0.3 is 29.7 Å². The summed E-state index contributed by atoms with van der Waals surface area (Å²) in [6.07, 6.45) is 2.05. The van der Waals surface area contributed by atoms with Crippen molar-refractivity contribution < 1.29 is 41.7 Å². The maximum atomic E-state index is 15.8. The van der Waals surface area contributed by atoms with Gasteiger partial charge >= 0.3 is 5.97 Å². The number of carboxylic acids is 1. The summed E-state index contributed by atoms with van der Waals surface area (Å²) in [5, 5.41) is 9.70. The molecular weight excluding hydrogens is 666 g/mol. The lowest BCUT2D eigenvalue weighted by Crippen LogP contribution is -2.32. The summed E-state index contributed by atoms with van der Waals surface area (Å²) in [4.78, 5) is 27.4. The largest absolute Gasteiger partial charge is 0.478 e. The highest BCUT2D eigenvalue weighted by atomic mass is 35.5. The van der Waals surface area contributed by atoms with Crippen LogP contribution in [0.25, 0.3) is 22.2 Å². The van der Waals surface area contributed by atoms with Gasteiger partial charge in [-0.3, -0.25) is 0 Å². The number of aromatic nitrogens is 2. The summed E-state index contributed by atoms with van der Waals surface area (Å²) in [5.74, 6) is -5.78. The van der Waals surface area contributed by atoms with E-state index >= 15 is 13.2 Å². The summed E-state index contributed by atoms with van der Waals surface area (Å²) in [5.41, 5.74) is 3.94. The zero-order chi connectivity index (χ0) is 35.2. The van der Waals surface area contributed by atoms with E-state index in [1.165, 1.54) is 32.2 Å². The fourth-order valence-corrected chi connectivity index (χ4v) is 6.35. The van der Waals surface area contributed by atoms with Gasteiger partial charge in [-0.1, -0.05) is 23.7 Å². The summed E-state index contributed by atoms with van der Waals surface area (Å²) in [6, 6.07) is 13.2. The zero-order valence-corrected chi connectivity index (χ0v) is 27.1. The molecule has 1 atom stereocenters. The van der Waals surface area contributed by atoms with E-state index in [1.807, 2.05) is 0 Å². The van der Waals surface area contributed by atoms with E-state index < -0.39 is 40.4 Å². The number of hydrogen-bond acceptors (Lipinski definition) is 6. The van der Waals surface area contributed by atoms with Crippen molar-refractivity contribution in [2.45, 2.75) is 44.9 Å². The molecule has 7 rings (SSSR count). The smallest absolute Gasteiger partial charge is 0.335 e. The van der Waals surface area contributed by atoms with Crippen LogP contribution in [-0.2, 0) is 23.5 Å². The molecule has 13 heteroatoms. The molecule has 1 aromatic heterocycles. The number of ether oxygens (including phenoxy) is 2. The zero-order valence-electron chi connectivity index (χ0n) is 26.3. The van der Waals surface area contributed by atoms with Crippen molar-refractivity contribution in [2.75, 3.05) is 7.05 Å².